The predicted octanol–water partition coefficient (Wildman–Crippen LogP) is 3.15. The van der Waals surface area contributed by atoms with Crippen LogP contribution in [-0.4, -0.2) is 54.0 Å². The number of aromatic nitrogens is 3. The lowest BCUT2D eigenvalue weighted by atomic mass is 10.3. The Hall–Kier alpha value is -3.55. The van der Waals surface area contributed by atoms with E-state index < -0.39 is 0 Å². The highest BCUT2D eigenvalue weighted by molar-refractivity contribution is 5.79. The molecule has 176 valence electrons. The summed E-state index contributed by atoms with van der Waals surface area (Å²) in [5.41, 5.74) is 1.22. The van der Waals surface area contributed by atoms with Crippen LogP contribution < -0.4 is 20.3 Å². The van der Waals surface area contributed by atoms with Gasteiger partial charge >= 0.3 is 0 Å². The summed E-state index contributed by atoms with van der Waals surface area (Å²) >= 11 is 0. The largest absolute Gasteiger partial charge is 0.494 e. The van der Waals surface area contributed by atoms with E-state index in [1.165, 1.54) is 5.69 Å². The second-order valence-electron chi connectivity index (χ2n) is 7.87. The molecule has 0 atom stereocenters. The van der Waals surface area contributed by atoms with Gasteiger partial charge in [-0.25, -0.2) is 4.99 Å². The molecule has 1 heterocycles. The smallest absolute Gasteiger partial charge is 0.191 e. The molecule has 0 spiro atoms. The first-order chi connectivity index (χ1) is 16.1. The minimum atomic E-state index is 0.469. The lowest BCUT2D eigenvalue weighted by Crippen LogP contribution is -2.39. The van der Waals surface area contributed by atoms with E-state index in [1.54, 1.807) is 0 Å². The van der Waals surface area contributed by atoms with Crippen LogP contribution in [0.5, 0.6) is 5.75 Å². The standard InChI is InChI=1S/C25H35N7O/c1-21-29-30-24(32(21)3)20-28-25(27-17-11-19-33-23-14-8-5-9-15-23)26-16-10-18-31(2)22-12-6-4-7-13-22/h4-9,12-15H,10-11,16-20H2,1-3H3,(H2,26,27,28). The second kappa shape index (κ2) is 13.1. The number of hydrogen-bond donors (Lipinski definition) is 2. The number of rotatable bonds is 12. The first-order valence-corrected chi connectivity index (χ1v) is 11.4. The molecule has 0 radical (unpaired) electrons. The molecule has 0 bridgehead atoms. The van der Waals surface area contributed by atoms with Crippen molar-refractivity contribution in [3.05, 3.63) is 72.3 Å². The summed E-state index contributed by atoms with van der Waals surface area (Å²) in [4.78, 5) is 6.97. The van der Waals surface area contributed by atoms with Gasteiger partial charge in [0.25, 0.3) is 0 Å². The van der Waals surface area contributed by atoms with Crippen molar-refractivity contribution in [2.45, 2.75) is 26.3 Å². The average Bonchev–Trinajstić information content (AvgIpc) is 3.17. The SMILES string of the molecule is Cc1nnc(CN=C(NCCCOc2ccccc2)NCCCN(C)c2ccccc2)n1C. The number of anilines is 1. The van der Waals surface area contributed by atoms with Gasteiger partial charge in [-0.05, 0) is 44.0 Å². The summed E-state index contributed by atoms with van der Waals surface area (Å²) in [6, 6.07) is 20.3. The molecule has 0 saturated carbocycles. The molecule has 2 aromatic carbocycles. The number of para-hydroxylation sites is 2. The first-order valence-electron chi connectivity index (χ1n) is 11.4. The van der Waals surface area contributed by atoms with Crippen LogP contribution >= 0.6 is 0 Å². The van der Waals surface area contributed by atoms with E-state index in [4.69, 9.17) is 9.73 Å². The Kier molecular flexibility index (Phi) is 9.57. The van der Waals surface area contributed by atoms with Crippen LogP contribution in [0.25, 0.3) is 0 Å². The van der Waals surface area contributed by atoms with Gasteiger partial charge in [-0.3, -0.25) is 0 Å². The summed E-state index contributed by atoms with van der Waals surface area (Å²) in [5.74, 6) is 3.39. The molecule has 3 rings (SSSR count). The summed E-state index contributed by atoms with van der Waals surface area (Å²) < 4.78 is 7.74. The minimum Gasteiger partial charge on any atom is -0.494 e. The van der Waals surface area contributed by atoms with Crippen molar-refractivity contribution in [2.24, 2.45) is 12.0 Å². The number of ether oxygens (including phenoxy) is 1. The zero-order valence-corrected chi connectivity index (χ0v) is 19.9. The summed E-state index contributed by atoms with van der Waals surface area (Å²) in [7, 11) is 4.08. The maximum Gasteiger partial charge on any atom is 0.191 e. The number of aliphatic imine (C=N–C) groups is 1. The van der Waals surface area contributed by atoms with Crippen molar-refractivity contribution < 1.29 is 4.74 Å². The normalized spacial score (nSPS) is 11.3. The van der Waals surface area contributed by atoms with E-state index in [0.29, 0.717) is 13.2 Å². The molecule has 0 aliphatic heterocycles. The van der Waals surface area contributed by atoms with Crippen LogP contribution in [0.2, 0.25) is 0 Å². The number of aryl methyl sites for hydroxylation is 1. The average molecular weight is 450 g/mol. The zero-order chi connectivity index (χ0) is 23.3. The van der Waals surface area contributed by atoms with Crippen LogP contribution in [0.15, 0.2) is 65.7 Å². The predicted molar refractivity (Wildman–Crippen MR) is 134 cm³/mol. The van der Waals surface area contributed by atoms with Crippen LogP contribution in [0.1, 0.15) is 24.5 Å². The van der Waals surface area contributed by atoms with Crippen molar-refractivity contribution in [1.82, 2.24) is 25.4 Å². The quantitative estimate of drug-likeness (QED) is 0.251. The highest BCUT2D eigenvalue weighted by Gasteiger charge is 2.06. The molecule has 3 aromatic rings. The van der Waals surface area contributed by atoms with Gasteiger partial charge < -0.3 is 24.8 Å². The van der Waals surface area contributed by atoms with Crippen LogP contribution in [0.3, 0.4) is 0 Å². The lowest BCUT2D eigenvalue weighted by molar-refractivity contribution is 0.311. The van der Waals surface area contributed by atoms with E-state index in [9.17, 15) is 0 Å². The summed E-state index contributed by atoms with van der Waals surface area (Å²) in [5, 5.41) is 15.2. The fourth-order valence-corrected chi connectivity index (χ4v) is 3.23. The maximum absolute atomic E-state index is 5.78. The van der Waals surface area contributed by atoms with Crippen molar-refractivity contribution in [2.75, 3.05) is 38.2 Å². The minimum absolute atomic E-state index is 0.469. The Labute approximate surface area is 196 Å². The van der Waals surface area contributed by atoms with E-state index in [0.717, 1.165) is 55.8 Å². The number of guanidine groups is 1. The number of nitrogens with zero attached hydrogens (tertiary/aromatic N) is 5. The molecular formula is C25H35N7O. The molecule has 0 aliphatic carbocycles. The number of nitrogens with one attached hydrogen (secondary N) is 2. The molecule has 8 heteroatoms. The van der Waals surface area contributed by atoms with Gasteiger partial charge in [0.05, 0.1) is 6.61 Å². The third kappa shape index (κ3) is 8.14. The Bertz CT molecular complexity index is 973. The Balaban J connectivity index is 1.45. The third-order valence-corrected chi connectivity index (χ3v) is 5.35. The lowest BCUT2D eigenvalue weighted by Gasteiger charge is -2.19. The van der Waals surface area contributed by atoms with E-state index in [-0.39, 0.29) is 0 Å². The Morgan fingerprint density at radius 1 is 0.970 bits per heavy atom. The Morgan fingerprint density at radius 3 is 2.30 bits per heavy atom. The fourth-order valence-electron chi connectivity index (χ4n) is 3.23. The highest BCUT2D eigenvalue weighted by atomic mass is 16.5. The topological polar surface area (TPSA) is 79.6 Å². The molecule has 33 heavy (non-hydrogen) atoms. The summed E-state index contributed by atoms with van der Waals surface area (Å²) in [6.07, 6.45) is 1.86. The summed E-state index contributed by atoms with van der Waals surface area (Å²) in [6.45, 7) is 5.60. The van der Waals surface area contributed by atoms with Crippen molar-refractivity contribution >= 4 is 11.6 Å². The van der Waals surface area contributed by atoms with Gasteiger partial charge in [-0.1, -0.05) is 36.4 Å². The molecule has 1 aromatic heterocycles. The van der Waals surface area contributed by atoms with Gasteiger partial charge in [0.1, 0.15) is 18.1 Å². The monoisotopic (exact) mass is 449 g/mol. The van der Waals surface area contributed by atoms with Crippen LogP contribution in [-0.2, 0) is 13.6 Å². The molecule has 2 N–H and O–H groups in total. The third-order valence-electron chi connectivity index (χ3n) is 5.35. The molecular weight excluding hydrogens is 414 g/mol. The molecule has 0 aliphatic rings. The van der Waals surface area contributed by atoms with Gasteiger partial charge in [0.2, 0.25) is 0 Å². The number of hydrogen-bond acceptors (Lipinski definition) is 5. The van der Waals surface area contributed by atoms with Gasteiger partial charge in [-0.15, -0.1) is 10.2 Å². The molecule has 0 amide bonds. The molecule has 0 unspecified atom stereocenters. The molecule has 8 nitrogen and oxygen atoms in total. The molecule has 0 fully saturated rings. The fraction of sp³-hybridized carbons (Fsp3) is 0.400. The number of benzene rings is 2. The van der Waals surface area contributed by atoms with Crippen molar-refractivity contribution in [1.29, 1.82) is 0 Å². The van der Waals surface area contributed by atoms with Crippen LogP contribution in [0.4, 0.5) is 5.69 Å². The van der Waals surface area contributed by atoms with Gasteiger partial charge in [0, 0.05) is 39.4 Å². The van der Waals surface area contributed by atoms with Gasteiger partial charge in [-0.2, -0.15) is 0 Å². The van der Waals surface area contributed by atoms with Crippen molar-refractivity contribution in [3.63, 3.8) is 0 Å². The zero-order valence-electron chi connectivity index (χ0n) is 19.9. The molecule has 0 saturated heterocycles. The Morgan fingerprint density at radius 2 is 1.64 bits per heavy atom. The van der Waals surface area contributed by atoms with E-state index in [1.807, 2.05) is 54.9 Å². The van der Waals surface area contributed by atoms with E-state index in [2.05, 4.69) is 57.0 Å². The van der Waals surface area contributed by atoms with Crippen LogP contribution in [0, 0.1) is 6.92 Å². The first kappa shape index (κ1) is 24.1. The van der Waals surface area contributed by atoms with E-state index >= 15 is 0 Å². The maximum atomic E-state index is 5.78. The van der Waals surface area contributed by atoms with Gasteiger partial charge in [0.15, 0.2) is 11.8 Å². The second-order valence-corrected chi connectivity index (χ2v) is 7.87. The van der Waals surface area contributed by atoms with Crippen molar-refractivity contribution in [3.8, 4) is 5.75 Å². The highest BCUT2D eigenvalue weighted by Crippen LogP contribution is 2.11.